The van der Waals surface area contributed by atoms with Crippen LogP contribution in [0.3, 0.4) is 0 Å². The van der Waals surface area contributed by atoms with Crippen LogP contribution in [0.25, 0.3) is 22.2 Å². The minimum Gasteiger partial charge on any atom is -0.375 e. The Morgan fingerprint density at radius 1 is 1.12 bits per heavy atom. The average molecular weight is 338 g/mol. The van der Waals surface area contributed by atoms with E-state index in [2.05, 4.69) is 10.3 Å². The van der Waals surface area contributed by atoms with Crippen LogP contribution in [-0.2, 0) is 9.53 Å². The van der Waals surface area contributed by atoms with Gasteiger partial charge in [0.05, 0.1) is 11.2 Å². The van der Waals surface area contributed by atoms with Gasteiger partial charge in [-0.2, -0.15) is 0 Å². The lowest BCUT2D eigenvalue weighted by atomic mass is 10.0. The number of amides is 1. The van der Waals surface area contributed by atoms with Crippen LogP contribution in [-0.4, -0.2) is 24.6 Å². The van der Waals surface area contributed by atoms with Crippen LogP contribution in [0.5, 0.6) is 0 Å². The quantitative estimate of drug-likeness (QED) is 0.774. The smallest absolute Gasteiger partial charge is 0.250 e. The molecule has 0 unspecified atom stereocenters. The number of nitrogens with zero attached hydrogens (tertiary/aromatic N) is 1. The second-order valence-corrected chi connectivity index (χ2v) is 6.00. The molecule has 5 heteroatoms. The second kappa shape index (κ2) is 6.99. The van der Waals surface area contributed by atoms with E-state index >= 15 is 0 Å². The molecule has 1 heterocycles. The van der Waals surface area contributed by atoms with Crippen molar-refractivity contribution in [2.75, 3.05) is 19.0 Å². The highest BCUT2D eigenvalue weighted by molar-refractivity contribution is 5.95. The van der Waals surface area contributed by atoms with Gasteiger partial charge in [-0.05, 0) is 61.4 Å². The summed E-state index contributed by atoms with van der Waals surface area (Å²) in [6.45, 7) is 3.74. The van der Waals surface area contributed by atoms with Gasteiger partial charge in [0.15, 0.2) is 0 Å². The number of carbonyl (C=O) groups excluding carboxylic acids is 1. The molecule has 1 N–H and O–H groups in total. The van der Waals surface area contributed by atoms with Gasteiger partial charge in [-0.25, -0.2) is 9.37 Å². The second-order valence-electron chi connectivity index (χ2n) is 6.00. The monoisotopic (exact) mass is 338 g/mol. The van der Waals surface area contributed by atoms with Crippen molar-refractivity contribution in [2.24, 2.45) is 0 Å². The highest BCUT2D eigenvalue weighted by Gasteiger charge is 2.09. The molecule has 128 valence electrons. The maximum absolute atomic E-state index is 13.5. The van der Waals surface area contributed by atoms with Gasteiger partial charge in [0.25, 0.3) is 0 Å². The molecule has 0 aliphatic rings. The third-order valence-corrected chi connectivity index (χ3v) is 4.03. The minimum absolute atomic E-state index is 0.000606. The van der Waals surface area contributed by atoms with E-state index < -0.39 is 0 Å². The topological polar surface area (TPSA) is 51.2 Å². The predicted molar refractivity (Wildman–Crippen MR) is 97.1 cm³/mol. The number of aromatic nitrogens is 1. The van der Waals surface area contributed by atoms with Crippen LogP contribution >= 0.6 is 0 Å². The number of carbonyl (C=O) groups is 1. The van der Waals surface area contributed by atoms with Crippen molar-refractivity contribution in [3.8, 4) is 11.3 Å². The Labute approximate surface area is 145 Å². The number of rotatable bonds is 4. The molecule has 0 saturated carbocycles. The van der Waals surface area contributed by atoms with E-state index in [0.717, 1.165) is 27.7 Å². The van der Waals surface area contributed by atoms with Gasteiger partial charge in [0.2, 0.25) is 5.91 Å². The maximum atomic E-state index is 13.5. The molecule has 0 bridgehead atoms. The highest BCUT2D eigenvalue weighted by Crippen LogP contribution is 2.27. The van der Waals surface area contributed by atoms with Gasteiger partial charge < -0.3 is 10.1 Å². The molecule has 0 atom stereocenters. The minimum atomic E-state index is -0.232. The number of aryl methyl sites for hydroxylation is 2. The standard InChI is InChI=1S/C20H19FN2O2/c1-12-9-18(14-4-7-17(21)13(2)8-14)23-19-10-15(5-6-16(12)19)22-20(24)11-25-3/h4-10H,11H2,1-3H3,(H,22,24). The van der Waals surface area contributed by atoms with Crippen molar-refractivity contribution in [2.45, 2.75) is 13.8 Å². The van der Waals surface area contributed by atoms with E-state index in [9.17, 15) is 9.18 Å². The maximum Gasteiger partial charge on any atom is 0.250 e. The van der Waals surface area contributed by atoms with Crippen LogP contribution in [0, 0.1) is 19.7 Å². The third kappa shape index (κ3) is 3.67. The molecule has 4 nitrogen and oxygen atoms in total. The normalized spacial score (nSPS) is 10.9. The largest absolute Gasteiger partial charge is 0.375 e. The first-order valence-corrected chi connectivity index (χ1v) is 7.94. The summed E-state index contributed by atoms with van der Waals surface area (Å²) in [4.78, 5) is 16.4. The number of nitrogens with one attached hydrogen (secondary N) is 1. The Bertz CT molecular complexity index is 954. The van der Waals surface area contributed by atoms with Gasteiger partial charge in [-0.3, -0.25) is 4.79 Å². The predicted octanol–water partition coefficient (Wildman–Crippen LogP) is 4.24. The Balaban J connectivity index is 2.03. The number of methoxy groups -OCH3 is 1. The summed E-state index contributed by atoms with van der Waals surface area (Å²) >= 11 is 0. The van der Waals surface area contributed by atoms with Crippen LogP contribution in [0.15, 0.2) is 42.5 Å². The number of pyridine rings is 1. The van der Waals surface area contributed by atoms with Gasteiger partial charge in [-0.15, -0.1) is 0 Å². The molecule has 0 aliphatic heterocycles. The molecule has 0 spiro atoms. The van der Waals surface area contributed by atoms with Crippen molar-refractivity contribution in [1.82, 2.24) is 4.98 Å². The van der Waals surface area contributed by atoms with Crippen LogP contribution in [0.1, 0.15) is 11.1 Å². The van der Waals surface area contributed by atoms with Crippen LogP contribution in [0.4, 0.5) is 10.1 Å². The summed E-state index contributed by atoms with van der Waals surface area (Å²) in [5.74, 6) is -0.451. The molecule has 25 heavy (non-hydrogen) atoms. The van der Waals surface area contributed by atoms with E-state index in [1.165, 1.54) is 13.2 Å². The average Bonchev–Trinajstić information content (AvgIpc) is 2.57. The van der Waals surface area contributed by atoms with Crippen LogP contribution in [0.2, 0.25) is 0 Å². The first-order valence-electron chi connectivity index (χ1n) is 7.94. The Morgan fingerprint density at radius 2 is 1.92 bits per heavy atom. The summed E-state index contributed by atoms with van der Waals surface area (Å²) in [5, 5.41) is 3.78. The number of hydrogen-bond donors (Lipinski definition) is 1. The van der Waals surface area contributed by atoms with Crippen molar-refractivity contribution < 1.29 is 13.9 Å². The Hall–Kier alpha value is -2.79. The SMILES string of the molecule is COCC(=O)Nc1ccc2c(C)cc(-c3ccc(F)c(C)c3)nc2c1. The van der Waals surface area contributed by atoms with Crippen LogP contribution < -0.4 is 5.32 Å². The molecule has 0 radical (unpaired) electrons. The molecule has 1 amide bonds. The van der Waals surface area contributed by atoms with Crippen molar-refractivity contribution in [1.29, 1.82) is 0 Å². The van der Waals surface area contributed by atoms with Crippen molar-refractivity contribution in [3.05, 3.63) is 59.4 Å². The van der Waals surface area contributed by atoms with E-state index in [4.69, 9.17) is 4.74 Å². The number of fused-ring (bicyclic) bond motifs is 1. The van der Waals surface area contributed by atoms with Gasteiger partial charge in [0, 0.05) is 23.7 Å². The molecular weight excluding hydrogens is 319 g/mol. The highest BCUT2D eigenvalue weighted by atomic mass is 19.1. The number of ether oxygens (including phenoxy) is 1. The molecule has 3 rings (SSSR count). The van der Waals surface area contributed by atoms with Gasteiger partial charge in [0.1, 0.15) is 12.4 Å². The summed E-state index contributed by atoms with van der Waals surface area (Å²) in [6.07, 6.45) is 0. The molecule has 3 aromatic rings. The number of hydrogen-bond acceptors (Lipinski definition) is 3. The summed E-state index contributed by atoms with van der Waals surface area (Å²) < 4.78 is 18.3. The zero-order valence-corrected chi connectivity index (χ0v) is 14.4. The number of anilines is 1. The van der Waals surface area contributed by atoms with E-state index in [1.54, 1.807) is 19.1 Å². The molecule has 0 fully saturated rings. The first-order chi connectivity index (χ1) is 12.0. The third-order valence-electron chi connectivity index (χ3n) is 4.03. The van der Waals surface area contributed by atoms with Gasteiger partial charge in [-0.1, -0.05) is 6.07 Å². The van der Waals surface area contributed by atoms with E-state index in [1.807, 2.05) is 31.2 Å². The number of halogens is 1. The fourth-order valence-electron chi connectivity index (χ4n) is 2.76. The van der Waals surface area contributed by atoms with Gasteiger partial charge >= 0.3 is 0 Å². The molecular formula is C20H19FN2O2. The van der Waals surface area contributed by atoms with Crippen molar-refractivity contribution in [3.63, 3.8) is 0 Å². The Kier molecular flexibility index (Phi) is 4.76. The fourth-order valence-corrected chi connectivity index (χ4v) is 2.76. The Morgan fingerprint density at radius 3 is 2.64 bits per heavy atom. The fraction of sp³-hybridized carbons (Fsp3) is 0.200. The van der Waals surface area contributed by atoms with E-state index in [0.29, 0.717) is 11.3 Å². The lowest BCUT2D eigenvalue weighted by molar-refractivity contribution is -0.119. The summed E-state index contributed by atoms with van der Waals surface area (Å²) in [7, 11) is 1.47. The zero-order chi connectivity index (χ0) is 18.0. The molecule has 0 saturated heterocycles. The summed E-state index contributed by atoms with van der Waals surface area (Å²) in [5.41, 5.74) is 4.71. The number of benzene rings is 2. The molecule has 0 aliphatic carbocycles. The lowest BCUT2D eigenvalue weighted by Crippen LogP contribution is -2.17. The molecule has 1 aromatic heterocycles. The van der Waals surface area contributed by atoms with E-state index in [-0.39, 0.29) is 18.3 Å². The van der Waals surface area contributed by atoms with Crippen molar-refractivity contribution >= 4 is 22.5 Å². The summed E-state index contributed by atoms with van der Waals surface area (Å²) in [6, 6.07) is 12.5. The molecule has 2 aromatic carbocycles. The lowest BCUT2D eigenvalue weighted by Gasteiger charge is -2.10. The first kappa shape index (κ1) is 17.0. The zero-order valence-electron chi connectivity index (χ0n) is 14.4.